The first-order chi connectivity index (χ1) is 16.4. The van der Waals surface area contributed by atoms with E-state index in [0.717, 1.165) is 35.3 Å². The third kappa shape index (κ3) is 5.57. The summed E-state index contributed by atoms with van der Waals surface area (Å²) in [5, 5.41) is 6.07. The Balaban J connectivity index is 1.35. The van der Waals surface area contributed by atoms with E-state index in [1.807, 2.05) is 48.9 Å². The Morgan fingerprint density at radius 1 is 1.18 bits per heavy atom. The van der Waals surface area contributed by atoms with Gasteiger partial charge in [0.05, 0.1) is 24.8 Å². The van der Waals surface area contributed by atoms with Crippen molar-refractivity contribution >= 4 is 11.9 Å². The van der Waals surface area contributed by atoms with Gasteiger partial charge in [-0.25, -0.2) is 9.78 Å². The van der Waals surface area contributed by atoms with Gasteiger partial charge in [0.2, 0.25) is 0 Å². The molecule has 34 heavy (non-hydrogen) atoms. The topological polar surface area (TPSA) is 88.5 Å². The van der Waals surface area contributed by atoms with Gasteiger partial charge < -0.3 is 24.8 Å². The van der Waals surface area contributed by atoms with E-state index in [9.17, 15) is 9.59 Å². The summed E-state index contributed by atoms with van der Waals surface area (Å²) >= 11 is 0. The Labute approximate surface area is 199 Å². The molecule has 1 aromatic heterocycles. The second-order valence-corrected chi connectivity index (χ2v) is 8.72. The van der Waals surface area contributed by atoms with Crippen molar-refractivity contribution in [2.24, 2.45) is 0 Å². The molecule has 0 aliphatic carbocycles. The Kier molecular flexibility index (Phi) is 7.15. The van der Waals surface area contributed by atoms with E-state index in [1.54, 1.807) is 30.5 Å². The Hall–Kier alpha value is -3.81. The standard InChI is InChI=1S/C26H31N5O3/c1-18-6-4-7-20(12-18)14-27-26(33)30-11-5-8-22(16-30)29-25(32)21-9-10-23(24(13-21)34-3)31-15-19(2)28-17-31/h4,6-7,9-10,12-13,15,17,22H,5,8,11,14,16H2,1-3H3,(H,27,33)(H,29,32). The van der Waals surface area contributed by atoms with E-state index in [1.165, 1.54) is 0 Å². The number of piperidine rings is 1. The second kappa shape index (κ2) is 10.4. The lowest BCUT2D eigenvalue weighted by Gasteiger charge is -2.33. The maximum Gasteiger partial charge on any atom is 0.317 e. The summed E-state index contributed by atoms with van der Waals surface area (Å²) in [6.07, 6.45) is 5.29. The minimum absolute atomic E-state index is 0.104. The molecule has 0 saturated carbocycles. The molecule has 3 amide bonds. The lowest BCUT2D eigenvalue weighted by atomic mass is 10.0. The van der Waals surface area contributed by atoms with Gasteiger partial charge in [0.15, 0.2) is 0 Å². The van der Waals surface area contributed by atoms with Gasteiger partial charge >= 0.3 is 6.03 Å². The van der Waals surface area contributed by atoms with Gasteiger partial charge in [-0.3, -0.25) is 4.79 Å². The third-order valence-corrected chi connectivity index (χ3v) is 6.00. The smallest absolute Gasteiger partial charge is 0.317 e. The average Bonchev–Trinajstić information content (AvgIpc) is 3.28. The molecule has 1 fully saturated rings. The first kappa shape index (κ1) is 23.4. The first-order valence-electron chi connectivity index (χ1n) is 11.5. The number of imidazole rings is 1. The van der Waals surface area contributed by atoms with Gasteiger partial charge in [0.1, 0.15) is 5.75 Å². The van der Waals surface area contributed by atoms with E-state index in [2.05, 4.69) is 21.7 Å². The van der Waals surface area contributed by atoms with Crippen LogP contribution in [0.3, 0.4) is 0 Å². The highest BCUT2D eigenvalue weighted by Gasteiger charge is 2.25. The van der Waals surface area contributed by atoms with Crippen LogP contribution in [0, 0.1) is 13.8 Å². The number of amides is 3. The molecule has 3 aromatic rings. The van der Waals surface area contributed by atoms with Crippen LogP contribution >= 0.6 is 0 Å². The maximum absolute atomic E-state index is 12.9. The van der Waals surface area contributed by atoms with Crippen LogP contribution in [-0.2, 0) is 6.54 Å². The monoisotopic (exact) mass is 461 g/mol. The molecule has 8 nitrogen and oxygen atoms in total. The number of hydrogen-bond acceptors (Lipinski definition) is 4. The van der Waals surface area contributed by atoms with Crippen molar-refractivity contribution in [2.45, 2.75) is 39.3 Å². The summed E-state index contributed by atoms with van der Waals surface area (Å²) in [6.45, 7) is 5.59. The van der Waals surface area contributed by atoms with Crippen molar-refractivity contribution in [3.8, 4) is 11.4 Å². The van der Waals surface area contributed by atoms with Crippen LogP contribution < -0.4 is 15.4 Å². The minimum atomic E-state index is -0.182. The molecule has 0 spiro atoms. The number of hydrogen-bond donors (Lipinski definition) is 2. The Morgan fingerprint density at radius 3 is 2.76 bits per heavy atom. The number of methoxy groups -OCH3 is 1. The highest BCUT2D eigenvalue weighted by atomic mass is 16.5. The number of ether oxygens (including phenoxy) is 1. The van der Waals surface area contributed by atoms with Crippen LogP contribution in [0.4, 0.5) is 4.79 Å². The predicted molar refractivity (Wildman–Crippen MR) is 130 cm³/mol. The molecule has 0 bridgehead atoms. The quantitative estimate of drug-likeness (QED) is 0.587. The zero-order chi connectivity index (χ0) is 24.1. The molecular formula is C26H31N5O3. The predicted octanol–water partition coefficient (Wildman–Crippen LogP) is 3.60. The summed E-state index contributed by atoms with van der Waals surface area (Å²) in [7, 11) is 1.58. The average molecular weight is 462 g/mol. The molecule has 1 atom stereocenters. The van der Waals surface area contributed by atoms with Gasteiger partial charge in [0, 0.05) is 37.4 Å². The van der Waals surface area contributed by atoms with Gasteiger partial charge in [-0.15, -0.1) is 0 Å². The molecule has 0 radical (unpaired) electrons. The second-order valence-electron chi connectivity index (χ2n) is 8.72. The summed E-state index contributed by atoms with van der Waals surface area (Å²) < 4.78 is 7.38. The van der Waals surface area contributed by atoms with Crippen molar-refractivity contribution in [3.63, 3.8) is 0 Å². The SMILES string of the molecule is COc1cc(C(=O)NC2CCCN(C(=O)NCc3cccc(C)c3)C2)ccc1-n1cnc(C)c1. The molecule has 1 aliphatic heterocycles. The molecule has 1 aliphatic rings. The number of nitrogens with one attached hydrogen (secondary N) is 2. The van der Waals surface area contributed by atoms with Gasteiger partial charge in [-0.2, -0.15) is 0 Å². The van der Waals surface area contributed by atoms with Crippen molar-refractivity contribution < 1.29 is 14.3 Å². The normalized spacial score (nSPS) is 15.6. The van der Waals surface area contributed by atoms with E-state index < -0.39 is 0 Å². The lowest BCUT2D eigenvalue weighted by molar-refractivity contribution is 0.0910. The highest BCUT2D eigenvalue weighted by molar-refractivity contribution is 5.95. The summed E-state index contributed by atoms with van der Waals surface area (Å²) in [4.78, 5) is 31.7. The van der Waals surface area contributed by atoms with E-state index >= 15 is 0 Å². The summed E-state index contributed by atoms with van der Waals surface area (Å²) in [6, 6.07) is 13.2. The molecule has 1 unspecified atom stereocenters. The van der Waals surface area contributed by atoms with Gasteiger partial charge in [-0.05, 0) is 50.5 Å². The molecule has 2 heterocycles. The van der Waals surface area contributed by atoms with Crippen molar-refractivity contribution in [3.05, 3.63) is 77.4 Å². The van der Waals surface area contributed by atoms with Gasteiger partial charge in [-0.1, -0.05) is 29.8 Å². The maximum atomic E-state index is 12.9. The minimum Gasteiger partial charge on any atom is -0.495 e. The lowest BCUT2D eigenvalue weighted by Crippen LogP contribution is -2.52. The molecule has 4 rings (SSSR count). The number of benzene rings is 2. The van der Waals surface area contributed by atoms with E-state index in [4.69, 9.17) is 4.74 Å². The van der Waals surface area contributed by atoms with Crippen LogP contribution in [0.5, 0.6) is 5.75 Å². The number of likely N-dealkylation sites (tertiary alicyclic amines) is 1. The number of aryl methyl sites for hydroxylation is 2. The van der Waals surface area contributed by atoms with Crippen LogP contribution in [0.1, 0.15) is 40.0 Å². The van der Waals surface area contributed by atoms with Crippen LogP contribution in [0.15, 0.2) is 55.0 Å². The molecular weight excluding hydrogens is 430 g/mol. The number of carbonyl (C=O) groups excluding carboxylic acids is 2. The van der Waals surface area contributed by atoms with Crippen molar-refractivity contribution in [2.75, 3.05) is 20.2 Å². The fourth-order valence-electron chi connectivity index (χ4n) is 4.24. The number of nitrogens with zero attached hydrogens (tertiary/aromatic N) is 3. The van der Waals surface area contributed by atoms with Crippen molar-refractivity contribution in [1.82, 2.24) is 25.1 Å². The summed E-state index contributed by atoms with van der Waals surface area (Å²) in [5.74, 6) is 0.407. The number of carbonyl (C=O) groups is 2. The summed E-state index contributed by atoms with van der Waals surface area (Å²) in [5.41, 5.74) is 4.46. The molecule has 178 valence electrons. The van der Waals surface area contributed by atoms with Crippen molar-refractivity contribution in [1.29, 1.82) is 0 Å². The molecule has 1 saturated heterocycles. The first-order valence-corrected chi connectivity index (χ1v) is 11.5. The van der Waals surface area contributed by atoms with E-state index in [-0.39, 0.29) is 18.0 Å². The molecule has 8 heteroatoms. The highest BCUT2D eigenvalue weighted by Crippen LogP contribution is 2.25. The molecule has 2 N–H and O–H groups in total. The molecule has 2 aromatic carbocycles. The van der Waals surface area contributed by atoms with Crippen LogP contribution in [0.25, 0.3) is 5.69 Å². The number of urea groups is 1. The van der Waals surface area contributed by atoms with Crippen LogP contribution in [-0.4, -0.2) is 52.6 Å². The Bertz CT molecular complexity index is 1170. The number of rotatable bonds is 6. The van der Waals surface area contributed by atoms with Gasteiger partial charge in [0.25, 0.3) is 5.91 Å². The number of aromatic nitrogens is 2. The zero-order valence-electron chi connectivity index (χ0n) is 19.9. The Morgan fingerprint density at radius 2 is 2.03 bits per heavy atom. The van der Waals surface area contributed by atoms with E-state index in [0.29, 0.717) is 30.9 Å². The third-order valence-electron chi connectivity index (χ3n) is 6.00. The van der Waals surface area contributed by atoms with Crippen LogP contribution in [0.2, 0.25) is 0 Å². The fourth-order valence-corrected chi connectivity index (χ4v) is 4.24. The largest absolute Gasteiger partial charge is 0.495 e. The zero-order valence-corrected chi connectivity index (χ0v) is 19.9. The fraction of sp³-hybridized carbons (Fsp3) is 0.346.